The van der Waals surface area contributed by atoms with Crippen LogP contribution in [0.2, 0.25) is 0 Å². The highest BCUT2D eigenvalue weighted by Gasteiger charge is 2.18. The first-order valence-corrected chi connectivity index (χ1v) is 5.78. The van der Waals surface area contributed by atoms with E-state index in [9.17, 15) is 9.59 Å². The van der Waals surface area contributed by atoms with E-state index in [-0.39, 0.29) is 18.1 Å². The Morgan fingerprint density at radius 2 is 1.89 bits per heavy atom. The van der Waals surface area contributed by atoms with Crippen molar-refractivity contribution in [2.45, 2.75) is 27.2 Å². The number of rotatable bonds is 4. The quantitative estimate of drug-likeness (QED) is 0.769. The van der Waals surface area contributed by atoms with Gasteiger partial charge in [0.1, 0.15) is 11.5 Å². The van der Waals surface area contributed by atoms with E-state index < -0.39 is 0 Å². The Balaban J connectivity index is 3.15. The molecule has 0 heterocycles. The molecule has 1 aromatic rings. The van der Waals surface area contributed by atoms with E-state index in [1.807, 2.05) is 26.0 Å². The van der Waals surface area contributed by atoms with Gasteiger partial charge in [-0.25, -0.2) is 0 Å². The molecule has 98 valence electrons. The molecule has 0 aliphatic rings. The summed E-state index contributed by atoms with van der Waals surface area (Å²) in [4.78, 5) is 24.4. The van der Waals surface area contributed by atoms with Crippen LogP contribution >= 0.6 is 0 Å². The topological polar surface area (TPSA) is 46.6 Å². The van der Waals surface area contributed by atoms with E-state index in [4.69, 9.17) is 4.74 Å². The van der Waals surface area contributed by atoms with E-state index in [0.29, 0.717) is 11.4 Å². The molecule has 4 nitrogen and oxygen atoms in total. The van der Waals surface area contributed by atoms with Gasteiger partial charge in [-0.3, -0.25) is 9.59 Å². The van der Waals surface area contributed by atoms with Crippen molar-refractivity contribution in [2.24, 2.45) is 0 Å². The normalized spacial score (nSPS) is 10.1. The Hall–Kier alpha value is -1.84. The standard InChI is InChI=1S/C14H19NO3/c1-9-6-10(2)14(18-5)12(7-9)15(4)13(17)8-11(3)16/h6-7H,8H2,1-5H3. The van der Waals surface area contributed by atoms with Crippen molar-refractivity contribution in [3.63, 3.8) is 0 Å². The number of ether oxygens (including phenoxy) is 1. The minimum Gasteiger partial charge on any atom is -0.494 e. The Kier molecular flexibility index (Phi) is 4.48. The van der Waals surface area contributed by atoms with Gasteiger partial charge in [-0.15, -0.1) is 0 Å². The molecule has 0 aliphatic heterocycles. The highest BCUT2D eigenvalue weighted by molar-refractivity contribution is 6.05. The predicted molar refractivity (Wildman–Crippen MR) is 71.2 cm³/mol. The predicted octanol–water partition coefficient (Wildman–Crippen LogP) is 2.25. The molecule has 0 aliphatic carbocycles. The second kappa shape index (κ2) is 5.67. The summed E-state index contributed by atoms with van der Waals surface area (Å²) in [5.74, 6) is 0.293. The molecule has 0 fully saturated rings. The monoisotopic (exact) mass is 249 g/mol. The number of anilines is 1. The molecule has 4 heteroatoms. The molecule has 1 rings (SSSR count). The molecule has 0 radical (unpaired) electrons. The minimum absolute atomic E-state index is 0.0906. The number of hydrogen-bond acceptors (Lipinski definition) is 3. The molecular weight excluding hydrogens is 230 g/mol. The largest absolute Gasteiger partial charge is 0.494 e. The minimum atomic E-state index is -0.231. The fourth-order valence-electron chi connectivity index (χ4n) is 1.91. The number of benzene rings is 1. The van der Waals surface area contributed by atoms with Gasteiger partial charge in [0.05, 0.1) is 19.2 Å². The molecule has 0 saturated carbocycles. The Bertz CT molecular complexity index is 480. The third kappa shape index (κ3) is 3.09. The van der Waals surface area contributed by atoms with Crippen LogP contribution in [0.15, 0.2) is 12.1 Å². The van der Waals surface area contributed by atoms with E-state index in [1.165, 1.54) is 11.8 Å². The van der Waals surface area contributed by atoms with Crippen molar-refractivity contribution < 1.29 is 14.3 Å². The molecule has 0 aromatic heterocycles. The molecular formula is C14H19NO3. The summed E-state index contributed by atoms with van der Waals surface area (Å²) in [7, 11) is 3.23. The maximum atomic E-state index is 11.9. The number of carbonyl (C=O) groups excluding carboxylic acids is 2. The van der Waals surface area contributed by atoms with Crippen molar-refractivity contribution >= 4 is 17.4 Å². The smallest absolute Gasteiger partial charge is 0.234 e. The SMILES string of the molecule is COc1c(C)cc(C)cc1N(C)C(=O)CC(C)=O. The van der Waals surface area contributed by atoms with Gasteiger partial charge in [-0.1, -0.05) is 6.07 Å². The molecule has 0 saturated heterocycles. The van der Waals surface area contributed by atoms with Crippen LogP contribution in [0, 0.1) is 13.8 Å². The second-order valence-corrected chi connectivity index (χ2v) is 4.47. The zero-order valence-electron chi connectivity index (χ0n) is 11.5. The lowest BCUT2D eigenvalue weighted by Gasteiger charge is -2.21. The summed E-state index contributed by atoms with van der Waals surface area (Å²) < 4.78 is 5.33. The third-order valence-corrected chi connectivity index (χ3v) is 2.74. The molecule has 18 heavy (non-hydrogen) atoms. The van der Waals surface area contributed by atoms with Gasteiger partial charge < -0.3 is 9.64 Å². The first kappa shape index (κ1) is 14.2. The highest BCUT2D eigenvalue weighted by Crippen LogP contribution is 2.32. The first-order valence-electron chi connectivity index (χ1n) is 5.78. The lowest BCUT2D eigenvalue weighted by atomic mass is 10.1. The van der Waals surface area contributed by atoms with Crippen LogP contribution in [0.25, 0.3) is 0 Å². The van der Waals surface area contributed by atoms with Crippen molar-refractivity contribution in [3.8, 4) is 5.75 Å². The lowest BCUT2D eigenvalue weighted by molar-refractivity contribution is -0.125. The number of carbonyl (C=O) groups is 2. The van der Waals surface area contributed by atoms with Crippen LogP contribution in [0.5, 0.6) is 5.75 Å². The van der Waals surface area contributed by atoms with Gasteiger partial charge in [0.15, 0.2) is 0 Å². The van der Waals surface area contributed by atoms with Gasteiger partial charge in [0.2, 0.25) is 5.91 Å². The van der Waals surface area contributed by atoms with Gasteiger partial charge in [-0.2, -0.15) is 0 Å². The van der Waals surface area contributed by atoms with Gasteiger partial charge >= 0.3 is 0 Å². The second-order valence-electron chi connectivity index (χ2n) is 4.47. The van der Waals surface area contributed by atoms with Gasteiger partial charge in [0, 0.05) is 7.05 Å². The number of Topliss-reactive ketones (excluding diaryl/α,β-unsaturated/α-hetero) is 1. The number of amides is 1. The van der Waals surface area contributed by atoms with E-state index in [1.54, 1.807) is 14.2 Å². The summed E-state index contributed by atoms with van der Waals surface area (Å²) in [5.41, 5.74) is 2.71. The number of aryl methyl sites for hydroxylation is 2. The van der Waals surface area contributed by atoms with Crippen LogP contribution in [-0.4, -0.2) is 25.8 Å². The van der Waals surface area contributed by atoms with Gasteiger partial charge in [0.25, 0.3) is 0 Å². The third-order valence-electron chi connectivity index (χ3n) is 2.74. The van der Waals surface area contributed by atoms with Crippen molar-refractivity contribution in [1.82, 2.24) is 0 Å². The Morgan fingerprint density at radius 3 is 2.39 bits per heavy atom. The fraction of sp³-hybridized carbons (Fsp3) is 0.429. The van der Waals surface area contributed by atoms with Crippen LogP contribution < -0.4 is 9.64 Å². The van der Waals surface area contributed by atoms with Crippen molar-refractivity contribution in [2.75, 3.05) is 19.1 Å². The molecule has 0 spiro atoms. The summed E-state index contributed by atoms with van der Waals surface area (Å²) in [5, 5.41) is 0. The fourth-order valence-corrected chi connectivity index (χ4v) is 1.91. The first-order chi connectivity index (χ1) is 8.36. The van der Waals surface area contributed by atoms with Crippen LogP contribution in [0.4, 0.5) is 5.69 Å². The Labute approximate surface area is 108 Å². The number of hydrogen-bond donors (Lipinski definition) is 0. The number of ketones is 1. The van der Waals surface area contributed by atoms with E-state index in [0.717, 1.165) is 11.1 Å². The van der Waals surface area contributed by atoms with Crippen LogP contribution in [-0.2, 0) is 9.59 Å². The van der Waals surface area contributed by atoms with Crippen LogP contribution in [0.3, 0.4) is 0 Å². The molecule has 1 aromatic carbocycles. The summed E-state index contributed by atoms with van der Waals surface area (Å²) in [6.07, 6.45) is -0.0906. The Morgan fingerprint density at radius 1 is 1.28 bits per heavy atom. The highest BCUT2D eigenvalue weighted by atomic mass is 16.5. The lowest BCUT2D eigenvalue weighted by Crippen LogP contribution is -2.28. The zero-order chi connectivity index (χ0) is 13.9. The molecule has 1 amide bonds. The molecule has 0 N–H and O–H groups in total. The van der Waals surface area contributed by atoms with Crippen molar-refractivity contribution in [3.05, 3.63) is 23.3 Å². The zero-order valence-corrected chi connectivity index (χ0v) is 11.5. The molecule has 0 unspecified atom stereocenters. The molecule has 0 atom stereocenters. The average molecular weight is 249 g/mol. The summed E-state index contributed by atoms with van der Waals surface area (Å²) in [6, 6.07) is 3.87. The van der Waals surface area contributed by atoms with E-state index in [2.05, 4.69) is 0 Å². The average Bonchev–Trinajstić information content (AvgIpc) is 2.26. The summed E-state index contributed by atoms with van der Waals surface area (Å²) in [6.45, 7) is 5.29. The summed E-state index contributed by atoms with van der Waals surface area (Å²) >= 11 is 0. The van der Waals surface area contributed by atoms with E-state index >= 15 is 0 Å². The van der Waals surface area contributed by atoms with Crippen molar-refractivity contribution in [1.29, 1.82) is 0 Å². The number of methoxy groups -OCH3 is 1. The maximum Gasteiger partial charge on any atom is 0.234 e. The van der Waals surface area contributed by atoms with Gasteiger partial charge in [-0.05, 0) is 38.0 Å². The van der Waals surface area contributed by atoms with Crippen LogP contribution in [0.1, 0.15) is 24.5 Å². The maximum absolute atomic E-state index is 11.9. The molecule has 0 bridgehead atoms. The number of nitrogens with zero attached hydrogens (tertiary/aromatic N) is 1.